The highest BCUT2D eigenvalue weighted by Gasteiger charge is 2.29. The number of hydrogen-bond acceptors (Lipinski definition) is 4. The van der Waals surface area contributed by atoms with Crippen molar-refractivity contribution in [1.29, 1.82) is 0 Å². The molecule has 1 saturated heterocycles. The van der Waals surface area contributed by atoms with Gasteiger partial charge in [-0.25, -0.2) is 4.79 Å². The van der Waals surface area contributed by atoms with Gasteiger partial charge in [0.15, 0.2) is 0 Å². The maximum Gasteiger partial charge on any atom is 0.327 e. The molecule has 1 heterocycles. The summed E-state index contributed by atoms with van der Waals surface area (Å²) < 4.78 is 0. The fourth-order valence-corrected chi connectivity index (χ4v) is 3.13. The lowest BCUT2D eigenvalue weighted by atomic mass is 9.99. The van der Waals surface area contributed by atoms with Crippen molar-refractivity contribution >= 4 is 29.6 Å². The van der Waals surface area contributed by atoms with Crippen molar-refractivity contribution in [3.8, 4) is 0 Å². The van der Waals surface area contributed by atoms with Crippen LogP contribution in [-0.4, -0.2) is 45.6 Å². The van der Waals surface area contributed by atoms with Crippen LogP contribution in [0.15, 0.2) is 0 Å². The van der Waals surface area contributed by atoms with Crippen molar-refractivity contribution in [2.75, 3.05) is 11.5 Å². The van der Waals surface area contributed by atoms with Crippen molar-refractivity contribution in [1.82, 2.24) is 5.32 Å². The minimum atomic E-state index is -1.19. The Morgan fingerprint density at radius 3 is 2.35 bits per heavy atom. The Hall–Kier alpha value is -1.24. The van der Waals surface area contributed by atoms with Gasteiger partial charge in [0.1, 0.15) is 12.0 Å². The second-order valence-corrected chi connectivity index (χ2v) is 6.07. The monoisotopic (exact) mass is 303 g/mol. The molecule has 3 N–H and O–H groups in total. The van der Waals surface area contributed by atoms with Gasteiger partial charge in [-0.3, -0.25) is 9.59 Å². The molecule has 0 bridgehead atoms. The Morgan fingerprint density at radius 1 is 1.05 bits per heavy atom. The van der Waals surface area contributed by atoms with E-state index in [4.69, 9.17) is 10.2 Å². The van der Waals surface area contributed by atoms with Crippen LogP contribution >= 0.6 is 11.8 Å². The normalized spacial score (nSPS) is 26.5. The van der Waals surface area contributed by atoms with Gasteiger partial charge >= 0.3 is 11.9 Å². The molecule has 0 spiro atoms. The molecule has 20 heavy (non-hydrogen) atoms. The molecule has 1 amide bonds. The highest BCUT2D eigenvalue weighted by molar-refractivity contribution is 7.99. The Bertz CT molecular complexity index is 361. The number of hydrogen-bond donors (Lipinski definition) is 3. The van der Waals surface area contributed by atoms with E-state index < -0.39 is 29.8 Å². The van der Waals surface area contributed by atoms with E-state index in [1.165, 1.54) is 11.8 Å². The number of carbonyl (C=O) groups is 3. The number of carbonyl (C=O) groups excluding carboxylic acids is 1. The number of rotatable bonds is 2. The minimum absolute atomic E-state index is 0.265. The Labute approximate surface area is 122 Å². The molecule has 1 aliphatic rings. The third kappa shape index (κ3) is 5.81. The molecule has 0 radical (unpaired) electrons. The van der Waals surface area contributed by atoms with Crippen molar-refractivity contribution in [2.45, 2.75) is 44.6 Å². The zero-order valence-corrected chi connectivity index (χ0v) is 12.2. The molecular formula is C13H21NO5S. The number of amides is 1. The Kier molecular flexibility index (Phi) is 7.43. The van der Waals surface area contributed by atoms with E-state index in [2.05, 4.69) is 5.32 Å². The van der Waals surface area contributed by atoms with E-state index in [-0.39, 0.29) is 12.2 Å². The van der Waals surface area contributed by atoms with E-state index >= 15 is 0 Å². The van der Waals surface area contributed by atoms with E-state index in [0.717, 1.165) is 31.4 Å². The van der Waals surface area contributed by atoms with Gasteiger partial charge in [0, 0.05) is 5.75 Å². The van der Waals surface area contributed by atoms with Crippen LogP contribution in [0.2, 0.25) is 0 Å². The van der Waals surface area contributed by atoms with Crippen molar-refractivity contribution in [3.63, 3.8) is 0 Å². The van der Waals surface area contributed by atoms with Crippen LogP contribution in [0.25, 0.3) is 0 Å². The largest absolute Gasteiger partial charge is 0.481 e. The SMILES string of the molecule is O=C(O)[C@@H]1CCCCCCCSC[C@@H](C(=O)O)NC1=O. The average Bonchev–Trinajstić information content (AvgIpc) is 2.39. The average molecular weight is 303 g/mol. The van der Waals surface area contributed by atoms with Crippen molar-refractivity contribution in [3.05, 3.63) is 0 Å². The maximum absolute atomic E-state index is 11.9. The maximum atomic E-state index is 11.9. The molecule has 0 aromatic heterocycles. The molecule has 114 valence electrons. The molecule has 7 heteroatoms. The summed E-state index contributed by atoms with van der Waals surface area (Å²) in [5.41, 5.74) is 0. The fraction of sp³-hybridized carbons (Fsp3) is 0.769. The van der Waals surface area contributed by atoms with E-state index in [1.807, 2.05) is 0 Å². The lowest BCUT2D eigenvalue weighted by Gasteiger charge is -2.17. The number of nitrogens with one attached hydrogen (secondary N) is 1. The first kappa shape index (κ1) is 16.8. The second kappa shape index (κ2) is 8.84. The van der Waals surface area contributed by atoms with Crippen LogP contribution in [0.5, 0.6) is 0 Å². The Balaban J connectivity index is 2.72. The third-order valence-electron chi connectivity index (χ3n) is 3.30. The molecule has 0 aromatic rings. The van der Waals surface area contributed by atoms with Crippen LogP contribution < -0.4 is 5.32 Å². The topological polar surface area (TPSA) is 104 Å². The Morgan fingerprint density at radius 2 is 1.70 bits per heavy atom. The van der Waals surface area contributed by atoms with Gasteiger partial charge < -0.3 is 15.5 Å². The van der Waals surface area contributed by atoms with Crippen LogP contribution in [-0.2, 0) is 14.4 Å². The summed E-state index contributed by atoms with van der Waals surface area (Å²) in [6.07, 6.45) is 4.95. The summed E-state index contributed by atoms with van der Waals surface area (Å²) in [7, 11) is 0. The molecule has 1 rings (SSSR count). The van der Waals surface area contributed by atoms with Crippen molar-refractivity contribution < 1.29 is 24.6 Å². The summed E-state index contributed by atoms with van der Waals surface area (Å²) in [4.78, 5) is 34.1. The summed E-state index contributed by atoms with van der Waals surface area (Å²) in [6, 6.07) is -1.02. The zero-order valence-electron chi connectivity index (χ0n) is 11.3. The molecule has 0 aromatic carbocycles. The highest BCUT2D eigenvalue weighted by Crippen LogP contribution is 2.16. The number of carboxylic acids is 2. The van der Waals surface area contributed by atoms with Gasteiger partial charge in [0.2, 0.25) is 5.91 Å². The number of thioether (sulfide) groups is 1. The summed E-state index contributed by atoms with van der Waals surface area (Å²) in [6.45, 7) is 0. The zero-order chi connectivity index (χ0) is 15.0. The number of aliphatic carboxylic acids is 2. The van der Waals surface area contributed by atoms with Gasteiger partial charge in [0.25, 0.3) is 0 Å². The smallest absolute Gasteiger partial charge is 0.327 e. The standard InChI is InChI=1S/C13H21NO5S/c15-11-9(12(16)17)6-4-2-1-3-5-7-20-8-10(14-11)13(18)19/h9-10H,1-8H2,(H,14,15)(H,16,17)(H,18,19)/t9-,10+/m1/s1. The lowest BCUT2D eigenvalue weighted by Crippen LogP contribution is -2.46. The molecule has 1 aliphatic heterocycles. The predicted octanol–water partition coefficient (Wildman–Crippen LogP) is 1.34. The number of carboxylic acid groups (broad SMARTS) is 2. The van der Waals surface area contributed by atoms with Crippen LogP contribution in [0, 0.1) is 5.92 Å². The van der Waals surface area contributed by atoms with Crippen LogP contribution in [0.4, 0.5) is 0 Å². The van der Waals surface area contributed by atoms with Crippen molar-refractivity contribution in [2.24, 2.45) is 5.92 Å². The molecule has 1 fully saturated rings. The van der Waals surface area contributed by atoms with E-state index in [0.29, 0.717) is 6.42 Å². The van der Waals surface area contributed by atoms with Crippen LogP contribution in [0.1, 0.15) is 38.5 Å². The molecule has 0 aliphatic carbocycles. The van der Waals surface area contributed by atoms with Gasteiger partial charge in [-0.15, -0.1) is 0 Å². The first-order valence-electron chi connectivity index (χ1n) is 6.86. The van der Waals surface area contributed by atoms with Gasteiger partial charge in [-0.05, 0) is 18.6 Å². The van der Waals surface area contributed by atoms with Gasteiger partial charge in [-0.2, -0.15) is 11.8 Å². The predicted molar refractivity (Wildman–Crippen MR) is 75.7 cm³/mol. The minimum Gasteiger partial charge on any atom is -0.481 e. The summed E-state index contributed by atoms with van der Waals surface area (Å²) >= 11 is 1.48. The molecule has 6 nitrogen and oxygen atoms in total. The summed E-state index contributed by atoms with van der Waals surface area (Å²) in [5, 5.41) is 20.5. The molecular weight excluding hydrogens is 282 g/mol. The molecule has 0 saturated carbocycles. The first-order valence-corrected chi connectivity index (χ1v) is 8.01. The highest BCUT2D eigenvalue weighted by atomic mass is 32.2. The second-order valence-electron chi connectivity index (χ2n) is 4.92. The van der Waals surface area contributed by atoms with Gasteiger partial charge in [0.05, 0.1) is 0 Å². The third-order valence-corrected chi connectivity index (χ3v) is 4.44. The fourth-order valence-electron chi connectivity index (χ4n) is 2.10. The quantitative estimate of drug-likeness (QED) is 0.665. The molecule has 2 atom stereocenters. The first-order chi connectivity index (χ1) is 9.52. The molecule has 0 unspecified atom stereocenters. The van der Waals surface area contributed by atoms with Gasteiger partial charge in [-0.1, -0.05) is 25.7 Å². The van der Waals surface area contributed by atoms with E-state index in [9.17, 15) is 14.4 Å². The summed E-state index contributed by atoms with van der Waals surface area (Å²) in [5.74, 6) is -3.01. The van der Waals surface area contributed by atoms with E-state index in [1.54, 1.807) is 0 Å². The lowest BCUT2D eigenvalue weighted by molar-refractivity contribution is -0.149. The van der Waals surface area contributed by atoms with Crippen LogP contribution in [0.3, 0.4) is 0 Å².